The van der Waals surface area contributed by atoms with Crippen LogP contribution < -0.4 is 0 Å². The molecule has 0 amide bonds. The van der Waals surface area contributed by atoms with Gasteiger partial charge in [-0.3, -0.25) is 0 Å². The van der Waals surface area contributed by atoms with Crippen LogP contribution in [0.2, 0.25) is 0 Å². The first-order chi connectivity index (χ1) is 2.00. The van der Waals surface area contributed by atoms with Crippen LogP contribution in [0.5, 0.6) is 0 Å². The summed E-state index contributed by atoms with van der Waals surface area (Å²) in [6, 6.07) is 0. The molecule has 0 aliphatic carbocycles. The Morgan fingerprint density at radius 2 is 1.50 bits per heavy atom. The van der Waals surface area contributed by atoms with Gasteiger partial charge in [0.2, 0.25) is 0 Å². The Morgan fingerprint density at radius 1 is 1.50 bits per heavy atom. The average molecular weight is 109 g/mol. The summed E-state index contributed by atoms with van der Waals surface area (Å²) in [5.41, 5.74) is 0. The van der Waals surface area contributed by atoms with Gasteiger partial charge >= 0.3 is 20.0 Å². The van der Waals surface area contributed by atoms with Crippen molar-refractivity contribution in [2.75, 3.05) is 0 Å². The van der Waals surface area contributed by atoms with Crippen LogP contribution in [-0.4, -0.2) is 0 Å². The molecule has 0 heterocycles. The Morgan fingerprint density at radius 3 is 1.50 bits per heavy atom. The summed E-state index contributed by atoms with van der Waals surface area (Å²) in [4.78, 5) is 0. The van der Waals surface area contributed by atoms with Crippen LogP contribution in [0.25, 0.3) is 0 Å². The summed E-state index contributed by atoms with van der Waals surface area (Å²) >= 11 is 2.69. The van der Waals surface area contributed by atoms with Gasteiger partial charge in [-0.2, -0.15) is 0 Å². The van der Waals surface area contributed by atoms with Gasteiger partial charge in [-0.25, -0.2) is 0 Å². The molecule has 0 N–H and O–H groups in total. The van der Waals surface area contributed by atoms with E-state index in [0.717, 1.165) is 0 Å². The fraction of sp³-hybridized carbons (Fsp3) is 0. The van der Waals surface area contributed by atoms with Gasteiger partial charge in [0.05, 0.1) is 0 Å². The predicted molar refractivity (Wildman–Crippen MR) is 6.08 cm³/mol. The molecule has 3 heteroatoms. The third-order valence-electron chi connectivity index (χ3n) is 0. The zero-order chi connectivity index (χ0) is 4.00. The Kier molecular flexibility index (Phi) is 6830. The van der Waals surface area contributed by atoms with E-state index in [1.807, 2.05) is 0 Å². The van der Waals surface area contributed by atoms with Gasteiger partial charge < -0.3 is 11.8 Å². The molecule has 0 aromatic rings. The van der Waals surface area contributed by atoms with Crippen LogP contribution in [0.3, 0.4) is 0 Å². The molecule has 0 aliphatic rings. The normalized spacial score (nSPS) is 2.25. The fourth-order valence-electron chi connectivity index (χ4n) is 0. The van der Waals surface area contributed by atoms with Crippen LogP contribution in [0.4, 0.5) is 3.55 Å². The molecule has 0 saturated heterocycles. The second-order valence-electron chi connectivity index (χ2n) is 0. The molecular weight excluding hydrogens is 109 g/mol. The molecule has 0 saturated carbocycles. The van der Waals surface area contributed by atoms with Gasteiger partial charge in [0.25, 0.3) is 0 Å². The third kappa shape index (κ3) is 467. The van der Waals surface area contributed by atoms with Crippen molar-refractivity contribution >= 4 is 0 Å². The van der Waals surface area contributed by atoms with Crippen LogP contribution in [0, 0.1) is 11.8 Å². The maximum atomic E-state index is 9.06. The van der Waals surface area contributed by atoms with Crippen molar-refractivity contribution in [2.45, 2.75) is 0 Å². The minimum atomic E-state index is 2.69. The molecule has 0 aromatic carbocycles. The molecular formula is CCuFN. The van der Waals surface area contributed by atoms with Crippen LogP contribution in [0.1, 0.15) is 0 Å². The Hall–Kier alpha value is -0.0605. The molecule has 0 unspecified atom stereocenters. The fourth-order valence-corrected chi connectivity index (χ4v) is 0. The van der Waals surface area contributed by atoms with E-state index in [2.05, 4.69) is 16.5 Å². The van der Waals surface area contributed by atoms with Crippen molar-refractivity contribution in [3.8, 4) is 0 Å². The van der Waals surface area contributed by atoms with Gasteiger partial charge in [-0.15, -0.1) is 0 Å². The summed E-state index contributed by atoms with van der Waals surface area (Å²) < 4.78 is 9.06. The number of halogens is 1. The van der Waals surface area contributed by atoms with Gasteiger partial charge in [0.15, 0.2) is 0 Å². The molecule has 1 nitrogen and oxygen atoms in total. The number of hydrogen-bond acceptors (Lipinski definition) is 1. The van der Waals surface area contributed by atoms with E-state index >= 15 is 0 Å². The molecule has 0 fully saturated rings. The number of rotatable bonds is 0. The summed E-state index contributed by atoms with van der Waals surface area (Å²) in [7, 11) is 0. The molecule has 0 aromatic heterocycles. The maximum absolute atomic E-state index is 9.06. The second-order valence-corrected chi connectivity index (χ2v) is 0. The van der Waals surface area contributed by atoms with Gasteiger partial charge in [0.1, 0.15) is 0 Å². The first kappa shape index (κ1) is 9.05. The molecule has 0 radical (unpaired) electrons. The zero-order valence-corrected chi connectivity index (χ0v) is 2.57. The Labute approximate surface area is 32.7 Å². The Balaban J connectivity index is 0. The van der Waals surface area contributed by atoms with E-state index < -0.39 is 0 Å². The van der Waals surface area contributed by atoms with Crippen molar-refractivity contribution in [1.29, 1.82) is 5.26 Å². The van der Waals surface area contributed by atoms with Crippen molar-refractivity contribution < 1.29 is 20.0 Å². The molecule has 0 spiro atoms. The van der Waals surface area contributed by atoms with E-state index in [1.165, 1.54) is 0 Å². The van der Waals surface area contributed by atoms with Crippen molar-refractivity contribution in [3.05, 3.63) is 6.57 Å². The van der Waals surface area contributed by atoms with Gasteiger partial charge in [-0.1, -0.05) is 0 Å². The summed E-state index contributed by atoms with van der Waals surface area (Å²) in [6.45, 7) is 4.75. The SMILES string of the molecule is [C-]#N.[F][Cu+]. The van der Waals surface area contributed by atoms with Gasteiger partial charge in [-0.05, 0) is 0 Å². The third-order valence-corrected chi connectivity index (χ3v) is 0. The van der Waals surface area contributed by atoms with Crippen molar-refractivity contribution in [2.24, 2.45) is 0 Å². The summed E-state index contributed by atoms with van der Waals surface area (Å²) in [6.07, 6.45) is 0. The predicted octanol–water partition coefficient (Wildman–Crippen LogP) is 0.514. The molecule has 27 valence electrons. The van der Waals surface area contributed by atoms with E-state index in [4.69, 9.17) is 15.4 Å². The van der Waals surface area contributed by atoms with E-state index in [-0.39, 0.29) is 0 Å². The molecule has 0 aliphatic heterocycles. The topological polar surface area (TPSA) is 23.8 Å². The number of hydrogen-bond donors (Lipinski definition) is 0. The molecule has 0 atom stereocenters. The molecule has 0 rings (SSSR count). The quantitative estimate of drug-likeness (QED) is 0.328. The monoisotopic (exact) mass is 108 g/mol. The van der Waals surface area contributed by atoms with Crippen LogP contribution in [-0.2, 0) is 16.5 Å². The first-order valence-electron chi connectivity index (χ1n) is 0.338. The molecule has 0 bridgehead atoms. The van der Waals surface area contributed by atoms with Crippen molar-refractivity contribution in [1.82, 2.24) is 0 Å². The zero-order valence-electron chi connectivity index (χ0n) is 1.63. The van der Waals surface area contributed by atoms with Crippen LogP contribution >= 0.6 is 0 Å². The average Bonchev–Trinajstić information content (AvgIpc) is 1.50. The van der Waals surface area contributed by atoms with Crippen LogP contribution in [0.15, 0.2) is 0 Å². The van der Waals surface area contributed by atoms with Crippen molar-refractivity contribution in [3.63, 3.8) is 0 Å². The summed E-state index contributed by atoms with van der Waals surface area (Å²) in [5.74, 6) is 0. The molecule has 4 heavy (non-hydrogen) atoms. The number of nitrogens with zero attached hydrogens (tertiary/aromatic N) is 1. The van der Waals surface area contributed by atoms with Gasteiger partial charge in [0, 0.05) is 0 Å². The van der Waals surface area contributed by atoms with E-state index in [0.29, 0.717) is 0 Å². The second kappa shape index (κ2) is 3020. The first-order valence-corrected chi connectivity index (χ1v) is 0.693. The van der Waals surface area contributed by atoms with E-state index in [1.54, 1.807) is 0 Å². The summed E-state index contributed by atoms with van der Waals surface area (Å²) in [5, 5.41) is 6.25. The standard InChI is InChI=1S/CN.Cu.FH/c1-2;;/h;;1H/q-1;+2;/p-1. The minimum absolute atomic E-state index is 2.69. The van der Waals surface area contributed by atoms with E-state index in [9.17, 15) is 0 Å². The Bertz CT molecular complexity index is 12.8.